The van der Waals surface area contributed by atoms with E-state index in [-0.39, 0.29) is 35.0 Å². The fourth-order valence-electron chi connectivity index (χ4n) is 1.80. The van der Waals surface area contributed by atoms with E-state index in [1.54, 1.807) is 0 Å². The van der Waals surface area contributed by atoms with Crippen molar-refractivity contribution in [3.63, 3.8) is 0 Å². The number of aromatic nitrogens is 3. The second-order valence-corrected chi connectivity index (χ2v) is 5.91. The number of pyridine rings is 1. The van der Waals surface area contributed by atoms with Crippen molar-refractivity contribution in [2.24, 2.45) is 0 Å². The maximum atomic E-state index is 12.8. The minimum Gasteiger partial charge on any atom is -0.477 e. The van der Waals surface area contributed by atoms with Crippen LogP contribution in [0, 0.1) is 6.92 Å². The summed E-state index contributed by atoms with van der Waals surface area (Å²) in [5.74, 6) is 0.657. The molecule has 2 aromatic heterocycles. The average molecular weight is 434 g/mol. The molecule has 11 heteroatoms. The summed E-state index contributed by atoms with van der Waals surface area (Å²) in [6.07, 6.45) is -0.790. The molecule has 2 aromatic rings. The van der Waals surface area contributed by atoms with E-state index in [1.807, 2.05) is 0 Å². The molecule has 0 aromatic carbocycles. The first-order valence-electron chi connectivity index (χ1n) is 6.88. The van der Waals surface area contributed by atoms with Crippen LogP contribution in [0.3, 0.4) is 0 Å². The number of rotatable bonds is 7. The largest absolute Gasteiger partial charge is 0.477 e. The third-order valence-corrected chi connectivity index (χ3v) is 3.67. The maximum Gasteiger partial charge on any atom is 0.282 e. The lowest BCUT2D eigenvalue weighted by molar-refractivity contribution is 0.146. The van der Waals surface area contributed by atoms with E-state index in [2.05, 4.69) is 20.3 Å². The number of anilines is 1. The van der Waals surface area contributed by atoms with Crippen LogP contribution < -0.4 is 10.1 Å². The zero-order valence-electron chi connectivity index (χ0n) is 12.9. The van der Waals surface area contributed by atoms with E-state index in [1.165, 1.54) is 19.2 Å². The molecule has 0 atom stereocenters. The number of halogens is 6. The number of hydrogen-bond acceptors (Lipinski definition) is 5. The van der Waals surface area contributed by atoms with Crippen molar-refractivity contribution in [3.8, 4) is 5.88 Å². The molecule has 0 aliphatic carbocycles. The van der Waals surface area contributed by atoms with Crippen molar-refractivity contribution in [2.45, 2.75) is 19.8 Å². The molecule has 0 fully saturated rings. The molecule has 0 spiro atoms. The fraction of sp³-hybridized carbons (Fsp3) is 0.357. The van der Waals surface area contributed by atoms with Crippen LogP contribution >= 0.6 is 47.2 Å². The second-order valence-electron chi connectivity index (χ2n) is 4.69. The van der Waals surface area contributed by atoms with Crippen LogP contribution in [-0.2, 0) is 0 Å². The van der Waals surface area contributed by atoms with Gasteiger partial charge in [-0.15, -0.1) is 12.4 Å². The van der Waals surface area contributed by atoms with Crippen molar-refractivity contribution in [3.05, 3.63) is 38.8 Å². The van der Waals surface area contributed by atoms with Crippen LogP contribution in [0.5, 0.6) is 5.88 Å². The van der Waals surface area contributed by atoms with Gasteiger partial charge in [0.15, 0.2) is 0 Å². The van der Waals surface area contributed by atoms with Gasteiger partial charge in [-0.2, -0.15) is 0 Å². The monoisotopic (exact) mass is 432 g/mol. The van der Waals surface area contributed by atoms with Gasteiger partial charge in [-0.25, -0.2) is 23.7 Å². The zero-order chi connectivity index (χ0) is 17.7. The smallest absolute Gasteiger partial charge is 0.282 e. The van der Waals surface area contributed by atoms with E-state index in [0.29, 0.717) is 29.6 Å². The van der Waals surface area contributed by atoms with Gasteiger partial charge >= 0.3 is 0 Å². The molecular weight excluding hydrogens is 420 g/mol. The first-order chi connectivity index (χ1) is 11.4. The van der Waals surface area contributed by atoms with Crippen molar-refractivity contribution >= 4 is 53.0 Å². The molecule has 2 rings (SSSR count). The van der Waals surface area contributed by atoms with Crippen LogP contribution in [0.4, 0.5) is 14.6 Å². The van der Waals surface area contributed by atoms with Crippen molar-refractivity contribution in [2.75, 3.05) is 18.5 Å². The fourth-order valence-corrected chi connectivity index (χ4v) is 2.47. The topological polar surface area (TPSA) is 59.9 Å². The molecule has 0 saturated carbocycles. The summed E-state index contributed by atoms with van der Waals surface area (Å²) in [6, 6.07) is 1.53. The van der Waals surface area contributed by atoms with Gasteiger partial charge in [-0.1, -0.05) is 34.8 Å². The lowest BCUT2D eigenvalue weighted by atomic mass is 10.3. The molecule has 138 valence electrons. The quantitative estimate of drug-likeness (QED) is 0.594. The molecule has 0 bridgehead atoms. The van der Waals surface area contributed by atoms with E-state index >= 15 is 0 Å². The van der Waals surface area contributed by atoms with Crippen LogP contribution in [0.2, 0.25) is 15.1 Å². The zero-order valence-corrected chi connectivity index (χ0v) is 16.0. The second kappa shape index (κ2) is 10.1. The lowest BCUT2D eigenvalue weighted by Crippen LogP contribution is -2.11. The predicted octanol–water partition coefficient (Wildman–Crippen LogP) is 5.38. The molecule has 0 aliphatic rings. The van der Waals surface area contributed by atoms with Crippen molar-refractivity contribution in [1.29, 1.82) is 0 Å². The Morgan fingerprint density at radius 3 is 2.60 bits per heavy atom. The summed E-state index contributed by atoms with van der Waals surface area (Å²) >= 11 is 17.6. The summed E-state index contributed by atoms with van der Waals surface area (Å²) in [5.41, 5.74) is -0.486. The highest BCUT2D eigenvalue weighted by Gasteiger charge is 2.18. The molecular formula is C14H14Cl4F2N4O. The molecule has 0 radical (unpaired) electrons. The van der Waals surface area contributed by atoms with Gasteiger partial charge in [0, 0.05) is 12.7 Å². The van der Waals surface area contributed by atoms with Gasteiger partial charge < -0.3 is 10.1 Å². The summed E-state index contributed by atoms with van der Waals surface area (Å²) in [4.78, 5) is 11.6. The Morgan fingerprint density at radius 1 is 1.24 bits per heavy atom. The van der Waals surface area contributed by atoms with E-state index in [0.717, 1.165) is 0 Å². The van der Waals surface area contributed by atoms with E-state index in [9.17, 15) is 8.78 Å². The van der Waals surface area contributed by atoms with Gasteiger partial charge in [0.2, 0.25) is 5.88 Å². The Labute approximate surface area is 164 Å². The highest BCUT2D eigenvalue weighted by molar-refractivity contribution is 6.35. The summed E-state index contributed by atoms with van der Waals surface area (Å²) in [6.45, 7) is 2.24. The summed E-state index contributed by atoms with van der Waals surface area (Å²) in [7, 11) is 0. The highest BCUT2D eigenvalue weighted by Crippen LogP contribution is 2.30. The van der Waals surface area contributed by atoms with Crippen molar-refractivity contribution in [1.82, 2.24) is 15.0 Å². The van der Waals surface area contributed by atoms with E-state index in [4.69, 9.17) is 39.5 Å². The van der Waals surface area contributed by atoms with Crippen LogP contribution in [0.25, 0.3) is 0 Å². The van der Waals surface area contributed by atoms with Crippen molar-refractivity contribution < 1.29 is 13.5 Å². The highest BCUT2D eigenvalue weighted by atomic mass is 35.5. The summed E-state index contributed by atoms with van der Waals surface area (Å²) < 4.78 is 31.1. The lowest BCUT2D eigenvalue weighted by Gasteiger charge is -2.11. The Kier molecular flexibility index (Phi) is 8.85. The maximum absolute atomic E-state index is 12.8. The summed E-state index contributed by atoms with van der Waals surface area (Å²) in [5, 5.41) is 3.43. The van der Waals surface area contributed by atoms with Gasteiger partial charge in [-0.05, 0) is 19.4 Å². The van der Waals surface area contributed by atoms with Crippen LogP contribution in [0.15, 0.2) is 12.3 Å². The third-order valence-electron chi connectivity index (χ3n) is 2.82. The molecule has 2 heterocycles. The molecule has 0 aliphatic heterocycles. The molecule has 0 unspecified atom stereocenters. The molecule has 5 nitrogen and oxygen atoms in total. The number of alkyl halides is 2. The minimum absolute atomic E-state index is 0. The Balaban J connectivity index is 0.00000312. The first kappa shape index (κ1) is 21.9. The van der Waals surface area contributed by atoms with E-state index < -0.39 is 12.1 Å². The average Bonchev–Trinajstić information content (AvgIpc) is 2.51. The Hall–Kier alpha value is -1.15. The van der Waals surface area contributed by atoms with Crippen LogP contribution in [-0.4, -0.2) is 28.1 Å². The Bertz CT molecular complexity index is 721. The van der Waals surface area contributed by atoms with Gasteiger partial charge in [0.25, 0.3) is 6.43 Å². The molecule has 0 saturated heterocycles. The first-order valence-corrected chi connectivity index (χ1v) is 8.01. The Morgan fingerprint density at radius 2 is 1.96 bits per heavy atom. The number of aryl methyl sites for hydroxylation is 1. The van der Waals surface area contributed by atoms with Crippen LogP contribution in [0.1, 0.15) is 24.4 Å². The van der Waals surface area contributed by atoms with Gasteiger partial charge in [0.05, 0.1) is 11.6 Å². The minimum atomic E-state index is -2.76. The molecule has 0 amide bonds. The predicted molar refractivity (Wildman–Crippen MR) is 96.8 cm³/mol. The normalized spacial score (nSPS) is 10.5. The number of nitrogens with zero attached hydrogens (tertiary/aromatic N) is 3. The number of ether oxygens (including phenoxy) is 1. The SMILES string of the molecule is Cc1nc(NCCCOc2ncc(Cl)cc2Cl)c(Cl)c(C(F)F)n1.Cl. The number of nitrogens with one attached hydrogen (secondary N) is 1. The molecule has 25 heavy (non-hydrogen) atoms. The number of hydrogen-bond donors (Lipinski definition) is 1. The standard InChI is InChI=1S/C14H13Cl3F2N4O.ClH/c1-7-22-11(12(18)19)10(17)13(23-7)20-3-2-4-24-14-9(16)5-8(15)6-21-14;/h5-6,12H,2-4H2,1H3,(H,20,22,23);1H. The third kappa shape index (κ3) is 6.26. The van der Waals surface area contributed by atoms with Gasteiger partial charge in [0.1, 0.15) is 27.4 Å². The molecule has 1 N–H and O–H groups in total. The van der Waals surface area contributed by atoms with Gasteiger partial charge in [-0.3, -0.25) is 0 Å².